The Labute approximate surface area is 90.9 Å². The number of hydrogen-bond acceptors (Lipinski definition) is 1. The van der Waals surface area contributed by atoms with E-state index in [9.17, 15) is 0 Å². The minimum absolute atomic E-state index is 0.432. The fraction of sp³-hybridized carbons (Fsp3) is 1.00. The lowest BCUT2D eigenvalue weighted by atomic mass is 9.95. The third-order valence-electron chi connectivity index (χ3n) is 2.50. The SMILES string of the molecule is CCCC(C)CN(CC)CC(C)(C)C. The Hall–Kier alpha value is -0.0400. The van der Waals surface area contributed by atoms with E-state index in [1.165, 1.54) is 32.5 Å². The summed E-state index contributed by atoms with van der Waals surface area (Å²) in [5.74, 6) is 0.849. The van der Waals surface area contributed by atoms with Gasteiger partial charge in [-0.05, 0) is 24.3 Å². The van der Waals surface area contributed by atoms with Crippen molar-refractivity contribution in [2.45, 2.75) is 54.4 Å². The summed E-state index contributed by atoms with van der Waals surface area (Å²) in [7, 11) is 0. The van der Waals surface area contributed by atoms with Crippen molar-refractivity contribution in [3.63, 3.8) is 0 Å². The molecule has 0 rings (SSSR count). The van der Waals surface area contributed by atoms with Gasteiger partial charge in [0.05, 0.1) is 0 Å². The smallest absolute Gasteiger partial charge is 0.00300 e. The summed E-state index contributed by atoms with van der Waals surface area (Å²) in [6.07, 6.45) is 2.68. The largest absolute Gasteiger partial charge is 0.303 e. The Morgan fingerprint density at radius 2 is 1.71 bits per heavy atom. The zero-order valence-corrected chi connectivity index (χ0v) is 11.1. The molecule has 0 radical (unpaired) electrons. The highest BCUT2D eigenvalue weighted by atomic mass is 15.1. The molecule has 0 amide bonds. The molecule has 0 heterocycles. The van der Waals surface area contributed by atoms with E-state index in [0.717, 1.165) is 5.92 Å². The molecule has 86 valence electrons. The Kier molecular flexibility index (Phi) is 6.43. The van der Waals surface area contributed by atoms with Crippen molar-refractivity contribution in [1.82, 2.24) is 4.90 Å². The van der Waals surface area contributed by atoms with E-state index in [4.69, 9.17) is 0 Å². The summed E-state index contributed by atoms with van der Waals surface area (Å²) >= 11 is 0. The molecular weight excluding hydrogens is 170 g/mol. The van der Waals surface area contributed by atoms with Gasteiger partial charge in [0.1, 0.15) is 0 Å². The molecule has 0 saturated carbocycles. The average molecular weight is 199 g/mol. The van der Waals surface area contributed by atoms with E-state index >= 15 is 0 Å². The molecule has 0 bridgehead atoms. The lowest BCUT2D eigenvalue weighted by Gasteiger charge is -2.30. The Balaban J connectivity index is 3.90. The lowest BCUT2D eigenvalue weighted by Crippen LogP contribution is -2.35. The Morgan fingerprint density at radius 3 is 2.07 bits per heavy atom. The Bertz CT molecular complexity index is 135. The lowest BCUT2D eigenvalue weighted by molar-refractivity contribution is 0.174. The van der Waals surface area contributed by atoms with Gasteiger partial charge >= 0.3 is 0 Å². The fourth-order valence-electron chi connectivity index (χ4n) is 2.00. The average Bonchev–Trinajstić information content (AvgIpc) is 2.01. The highest BCUT2D eigenvalue weighted by molar-refractivity contribution is 4.70. The van der Waals surface area contributed by atoms with Gasteiger partial charge < -0.3 is 4.90 Å². The molecule has 0 aliphatic rings. The number of nitrogens with zero attached hydrogens (tertiary/aromatic N) is 1. The van der Waals surface area contributed by atoms with Crippen LogP contribution in [0.2, 0.25) is 0 Å². The predicted molar refractivity (Wildman–Crippen MR) is 65.6 cm³/mol. The normalized spacial score (nSPS) is 14.8. The first-order valence-corrected chi connectivity index (χ1v) is 6.11. The molecule has 1 nitrogen and oxygen atoms in total. The van der Waals surface area contributed by atoms with Crippen molar-refractivity contribution in [3.05, 3.63) is 0 Å². The van der Waals surface area contributed by atoms with E-state index < -0.39 is 0 Å². The fourth-order valence-corrected chi connectivity index (χ4v) is 2.00. The number of rotatable bonds is 6. The van der Waals surface area contributed by atoms with E-state index in [2.05, 4.69) is 46.4 Å². The van der Waals surface area contributed by atoms with Crippen molar-refractivity contribution >= 4 is 0 Å². The molecule has 1 unspecified atom stereocenters. The van der Waals surface area contributed by atoms with Gasteiger partial charge in [-0.3, -0.25) is 0 Å². The zero-order chi connectivity index (χ0) is 11.2. The van der Waals surface area contributed by atoms with Crippen LogP contribution in [0.15, 0.2) is 0 Å². The molecule has 0 spiro atoms. The summed E-state index contributed by atoms with van der Waals surface area (Å²) in [5, 5.41) is 0. The molecule has 0 aliphatic heterocycles. The molecule has 0 aliphatic carbocycles. The Morgan fingerprint density at radius 1 is 1.14 bits per heavy atom. The summed E-state index contributed by atoms with van der Waals surface area (Å²) in [6.45, 7) is 17.5. The van der Waals surface area contributed by atoms with Crippen LogP contribution < -0.4 is 0 Å². The van der Waals surface area contributed by atoms with Gasteiger partial charge in [0.15, 0.2) is 0 Å². The van der Waals surface area contributed by atoms with Gasteiger partial charge in [-0.15, -0.1) is 0 Å². The molecule has 0 saturated heterocycles. The highest BCUT2D eigenvalue weighted by Gasteiger charge is 2.16. The monoisotopic (exact) mass is 199 g/mol. The third kappa shape index (κ3) is 7.37. The minimum Gasteiger partial charge on any atom is -0.303 e. The first kappa shape index (κ1) is 14.0. The van der Waals surface area contributed by atoms with Crippen LogP contribution in [-0.4, -0.2) is 24.5 Å². The van der Waals surface area contributed by atoms with Crippen molar-refractivity contribution in [2.24, 2.45) is 11.3 Å². The van der Waals surface area contributed by atoms with Gasteiger partial charge in [-0.1, -0.05) is 48.0 Å². The number of hydrogen-bond donors (Lipinski definition) is 0. The molecule has 14 heavy (non-hydrogen) atoms. The van der Waals surface area contributed by atoms with Crippen LogP contribution in [0, 0.1) is 11.3 Å². The second kappa shape index (κ2) is 6.44. The molecular formula is C13H29N. The molecule has 0 aromatic carbocycles. The second-order valence-corrected chi connectivity index (χ2v) is 5.78. The van der Waals surface area contributed by atoms with Crippen molar-refractivity contribution in [3.8, 4) is 0 Å². The molecule has 1 atom stereocenters. The van der Waals surface area contributed by atoms with Gasteiger partial charge in [0.25, 0.3) is 0 Å². The third-order valence-corrected chi connectivity index (χ3v) is 2.50. The molecule has 0 aromatic rings. The van der Waals surface area contributed by atoms with Crippen LogP contribution in [0.5, 0.6) is 0 Å². The topological polar surface area (TPSA) is 3.24 Å². The highest BCUT2D eigenvalue weighted by Crippen LogP contribution is 2.17. The van der Waals surface area contributed by atoms with Crippen LogP contribution in [0.3, 0.4) is 0 Å². The van der Waals surface area contributed by atoms with E-state index in [1.807, 2.05) is 0 Å². The second-order valence-electron chi connectivity index (χ2n) is 5.78. The zero-order valence-electron chi connectivity index (χ0n) is 11.1. The van der Waals surface area contributed by atoms with E-state index in [-0.39, 0.29) is 0 Å². The predicted octanol–water partition coefficient (Wildman–Crippen LogP) is 3.79. The van der Waals surface area contributed by atoms with Crippen LogP contribution in [0.25, 0.3) is 0 Å². The van der Waals surface area contributed by atoms with Gasteiger partial charge in [0, 0.05) is 13.1 Å². The molecule has 0 fully saturated rings. The molecule has 0 N–H and O–H groups in total. The molecule has 1 heteroatoms. The standard InChI is InChI=1S/C13H29N/c1-7-9-12(3)10-14(8-2)11-13(4,5)6/h12H,7-11H2,1-6H3. The maximum atomic E-state index is 2.58. The summed E-state index contributed by atoms with van der Waals surface area (Å²) in [6, 6.07) is 0. The molecule has 0 aromatic heterocycles. The van der Waals surface area contributed by atoms with Gasteiger partial charge in [-0.25, -0.2) is 0 Å². The van der Waals surface area contributed by atoms with E-state index in [1.54, 1.807) is 0 Å². The van der Waals surface area contributed by atoms with Crippen LogP contribution in [0.1, 0.15) is 54.4 Å². The van der Waals surface area contributed by atoms with Crippen LogP contribution in [-0.2, 0) is 0 Å². The first-order chi connectivity index (χ1) is 6.39. The van der Waals surface area contributed by atoms with Crippen LogP contribution >= 0.6 is 0 Å². The van der Waals surface area contributed by atoms with Crippen LogP contribution in [0.4, 0.5) is 0 Å². The van der Waals surface area contributed by atoms with Crippen molar-refractivity contribution in [1.29, 1.82) is 0 Å². The van der Waals surface area contributed by atoms with Gasteiger partial charge in [0.2, 0.25) is 0 Å². The van der Waals surface area contributed by atoms with Gasteiger partial charge in [-0.2, -0.15) is 0 Å². The minimum atomic E-state index is 0.432. The van der Waals surface area contributed by atoms with Crippen molar-refractivity contribution < 1.29 is 0 Å². The maximum Gasteiger partial charge on any atom is 0.00300 e. The first-order valence-electron chi connectivity index (χ1n) is 6.11. The summed E-state index contributed by atoms with van der Waals surface area (Å²) in [5.41, 5.74) is 0.432. The maximum absolute atomic E-state index is 2.58. The summed E-state index contributed by atoms with van der Waals surface area (Å²) in [4.78, 5) is 2.58. The summed E-state index contributed by atoms with van der Waals surface area (Å²) < 4.78 is 0. The van der Waals surface area contributed by atoms with E-state index in [0.29, 0.717) is 5.41 Å². The van der Waals surface area contributed by atoms with Crippen molar-refractivity contribution in [2.75, 3.05) is 19.6 Å². The quantitative estimate of drug-likeness (QED) is 0.629.